The van der Waals surface area contributed by atoms with E-state index < -0.39 is 0 Å². The topological polar surface area (TPSA) is 33.1 Å². The van der Waals surface area contributed by atoms with Crippen molar-refractivity contribution in [3.63, 3.8) is 0 Å². The van der Waals surface area contributed by atoms with Crippen LogP contribution >= 0.6 is 0 Å². The van der Waals surface area contributed by atoms with Gasteiger partial charge in [-0.15, -0.1) is 0 Å². The van der Waals surface area contributed by atoms with Crippen molar-refractivity contribution in [2.24, 2.45) is 0 Å². The van der Waals surface area contributed by atoms with Crippen LogP contribution in [0.1, 0.15) is 32.4 Å². The van der Waals surface area contributed by atoms with Crippen molar-refractivity contribution >= 4 is 0 Å². The van der Waals surface area contributed by atoms with Crippen molar-refractivity contribution < 1.29 is 0 Å². The number of hydrogen-bond acceptors (Lipinski definition) is 3. The molecule has 2 rings (SSSR count). The van der Waals surface area contributed by atoms with Crippen LogP contribution in [0, 0.1) is 0 Å². The Kier molecular flexibility index (Phi) is 4.57. The molecule has 0 amide bonds. The summed E-state index contributed by atoms with van der Waals surface area (Å²) in [5, 5.41) is 3.66. The normalized spacial score (nSPS) is 21.9. The molecule has 2 heterocycles. The van der Waals surface area contributed by atoms with E-state index >= 15 is 0 Å². The molecular formula is C13H24N4. The van der Waals surface area contributed by atoms with E-state index in [1.165, 1.54) is 38.2 Å². The molecule has 1 aromatic rings. The molecule has 1 saturated heterocycles. The van der Waals surface area contributed by atoms with E-state index in [1.54, 1.807) is 0 Å². The van der Waals surface area contributed by atoms with E-state index in [-0.39, 0.29) is 0 Å². The predicted octanol–water partition coefficient (Wildman–Crippen LogP) is 1.48. The van der Waals surface area contributed by atoms with Crippen molar-refractivity contribution in [1.29, 1.82) is 0 Å². The molecule has 1 aliphatic heterocycles. The fourth-order valence-electron chi connectivity index (χ4n) is 2.54. The minimum absolute atomic E-state index is 0.643. The van der Waals surface area contributed by atoms with E-state index in [4.69, 9.17) is 0 Å². The summed E-state index contributed by atoms with van der Waals surface area (Å²) in [4.78, 5) is 6.73. The molecule has 1 fully saturated rings. The predicted molar refractivity (Wildman–Crippen MR) is 69.9 cm³/mol. The Morgan fingerprint density at radius 3 is 3.06 bits per heavy atom. The smallest absolute Gasteiger partial charge is 0.0948 e. The number of rotatable bonds is 5. The Hall–Kier alpha value is -0.870. The number of hydrogen-bond donors (Lipinski definition) is 1. The van der Waals surface area contributed by atoms with Gasteiger partial charge >= 0.3 is 0 Å². The average Bonchev–Trinajstić information content (AvgIpc) is 2.84. The lowest BCUT2D eigenvalue weighted by Gasteiger charge is -2.32. The molecule has 96 valence electrons. The number of piperidine rings is 1. The molecule has 0 aliphatic carbocycles. The van der Waals surface area contributed by atoms with Gasteiger partial charge in [-0.2, -0.15) is 0 Å². The SMILES string of the molecule is CCN1CCCC(NCc2cncn2CC)C1. The maximum Gasteiger partial charge on any atom is 0.0948 e. The molecule has 0 bridgehead atoms. The summed E-state index contributed by atoms with van der Waals surface area (Å²) in [6.07, 6.45) is 6.50. The molecule has 0 aromatic carbocycles. The van der Waals surface area contributed by atoms with Gasteiger partial charge in [0.2, 0.25) is 0 Å². The van der Waals surface area contributed by atoms with Gasteiger partial charge in [-0.1, -0.05) is 6.92 Å². The molecule has 1 aromatic heterocycles. The van der Waals surface area contributed by atoms with Gasteiger partial charge in [-0.25, -0.2) is 4.98 Å². The minimum Gasteiger partial charge on any atom is -0.334 e. The Labute approximate surface area is 104 Å². The maximum atomic E-state index is 4.20. The third-order valence-electron chi connectivity index (χ3n) is 3.66. The number of nitrogens with zero attached hydrogens (tertiary/aromatic N) is 3. The Morgan fingerprint density at radius 2 is 2.29 bits per heavy atom. The summed E-state index contributed by atoms with van der Waals surface area (Å²) in [5.74, 6) is 0. The van der Waals surface area contributed by atoms with Crippen molar-refractivity contribution in [1.82, 2.24) is 19.8 Å². The van der Waals surface area contributed by atoms with Crippen LogP contribution in [0.25, 0.3) is 0 Å². The first-order chi connectivity index (χ1) is 8.33. The minimum atomic E-state index is 0.643. The number of nitrogens with one attached hydrogen (secondary N) is 1. The number of aromatic nitrogens is 2. The summed E-state index contributed by atoms with van der Waals surface area (Å²) in [6.45, 7) is 9.97. The molecule has 1 unspecified atom stereocenters. The summed E-state index contributed by atoms with van der Waals surface area (Å²) in [5.41, 5.74) is 1.29. The molecule has 1 atom stereocenters. The molecule has 0 saturated carbocycles. The molecular weight excluding hydrogens is 212 g/mol. The average molecular weight is 236 g/mol. The van der Waals surface area contributed by atoms with Crippen LogP contribution in [0.15, 0.2) is 12.5 Å². The van der Waals surface area contributed by atoms with E-state index in [0.717, 1.165) is 13.1 Å². The second-order valence-electron chi connectivity index (χ2n) is 4.78. The molecule has 0 radical (unpaired) electrons. The monoisotopic (exact) mass is 236 g/mol. The van der Waals surface area contributed by atoms with Gasteiger partial charge < -0.3 is 14.8 Å². The van der Waals surface area contributed by atoms with Gasteiger partial charge in [0.25, 0.3) is 0 Å². The van der Waals surface area contributed by atoms with Crippen LogP contribution in [0.5, 0.6) is 0 Å². The molecule has 17 heavy (non-hydrogen) atoms. The molecule has 0 spiro atoms. The Morgan fingerprint density at radius 1 is 1.41 bits per heavy atom. The van der Waals surface area contributed by atoms with Crippen LogP contribution in [0.4, 0.5) is 0 Å². The fraction of sp³-hybridized carbons (Fsp3) is 0.769. The first-order valence-electron chi connectivity index (χ1n) is 6.78. The number of likely N-dealkylation sites (tertiary alicyclic amines) is 1. The largest absolute Gasteiger partial charge is 0.334 e. The zero-order chi connectivity index (χ0) is 12.1. The van der Waals surface area contributed by atoms with Gasteiger partial charge in [0, 0.05) is 31.9 Å². The highest BCUT2D eigenvalue weighted by atomic mass is 15.2. The van der Waals surface area contributed by atoms with E-state index in [9.17, 15) is 0 Å². The lowest BCUT2D eigenvalue weighted by atomic mass is 10.1. The van der Waals surface area contributed by atoms with E-state index in [0.29, 0.717) is 6.04 Å². The van der Waals surface area contributed by atoms with Gasteiger partial charge in [0.15, 0.2) is 0 Å². The molecule has 1 N–H and O–H groups in total. The summed E-state index contributed by atoms with van der Waals surface area (Å²) >= 11 is 0. The lowest BCUT2D eigenvalue weighted by molar-refractivity contribution is 0.198. The van der Waals surface area contributed by atoms with E-state index in [2.05, 4.69) is 33.6 Å². The highest BCUT2D eigenvalue weighted by Gasteiger charge is 2.18. The third kappa shape index (κ3) is 3.30. The molecule has 1 aliphatic rings. The highest BCUT2D eigenvalue weighted by Crippen LogP contribution is 2.10. The zero-order valence-electron chi connectivity index (χ0n) is 11.0. The van der Waals surface area contributed by atoms with Gasteiger partial charge in [-0.05, 0) is 32.9 Å². The molecule has 4 nitrogen and oxygen atoms in total. The number of likely N-dealkylation sites (N-methyl/N-ethyl adjacent to an activating group) is 1. The van der Waals surface area contributed by atoms with Crippen LogP contribution in [-0.4, -0.2) is 40.1 Å². The summed E-state index contributed by atoms with van der Waals surface area (Å²) in [6, 6.07) is 0.643. The van der Waals surface area contributed by atoms with Crippen molar-refractivity contribution in [2.45, 2.75) is 45.8 Å². The lowest BCUT2D eigenvalue weighted by Crippen LogP contribution is -2.45. The first-order valence-corrected chi connectivity index (χ1v) is 6.78. The Balaban J connectivity index is 1.81. The quantitative estimate of drug-likeness (QED) is 0.840. The summed E-state index contributed by atoms with van der Waals surface area (Å²) < 4.78 is 2.20. The second kappa shape index (κ2) is 6.17. The van der Waals surface area contributed by atoms with Gasteiger partial charge in [-0.3, -0.25) is 0 Å². The van der Waals surface area contributed by atoms with Crippen molar-refractivity contribution in [2.75, 3.05) is 19.6 Å². The standard InChI is InChI=1S/C13H24N4/c1-3-16-7-5-6-12(10-16)15-9-13-8-14-11-17(13)4-2/h8,11-12,15H,3-7,9-10H2,1-2H3. The fourth-order valence-corrected chi connectivity index (χ4v) is 2.54. The Bertz CT molecular complexity index is 334. The maximum absolute atomic E-state index is 4.20. The van der Waals surface area contributed by atoms with E-state index in [1.807, 2.05) is 12.5 Å². The second-order valence-corrected chi connectivity index (χ2v) is 4.78. The van der Waals surface area contributed by atoms with Crippen molar-refractivity contribution in [3.05, 3.63) is 18.2 Å². The zero-order valence-corrected chi connectivity index (χ0v) is 11.0. The van der Waals surface area contributed by atoms with Crippen LogP contribution in [-0.2, 0) is 13.1 Å². The number of aryl methyl sites for hydroxylation is 1. The van der Waals surface area contributed by atoms with Gasteiger partial charge in [0.05, 0.1) is 12.0 Å². The first kappa shape index (κ1) is 12.6. The van der Waals surface area contributed by atoms with Crippen LogP contribution in [0.2, 0.25) is 0 Å². The summed E-state index contributed by atoms with van der Waals surface area (Å²) in [7, 11) is 0. The third-order valence-corrected chi connectivity index (χ3v) is 3.66. The van der Waals surface area contributed by atoms with Gasteiger partial charge in [0.1, 0.15) is 0 Å². The van der Waals surface area contributed by atoms with Crippen LogP contribution < -0.4 is 5.32 Å². The highest BCUT2D eigenvalue weighted by molar-refractivity contribution is 4.98. The number of imidazole rings is 1. The van der Waals surface area contributed by atoms with Crippen molar-refractivity contribution in [3.8, 4) is 0 Å². The van der Waals surface area contributed by atoms with Crippen LogP contribution in [0.3, 0.4) is 0 Å². The molecule has 4 heteroatoms.